The summed E-state index contributed by atoms with van der Waals surface area (Å²) in [7, 11) is 0. The molecule has 1 aromatic rings. The minimum absolute atomic E-state index is 0.201. The Morgan fingerprint density at radius 2 is 1.89 bits per heavy atom. The lowest BCUT2D eigenvalue weighted by Gasteiger charge is -2.13. The predicted molar refractivity (Wildman–Crippen MR) is 68.5 cm³/mol. The van der Waals surface area contributed by atoms with Crippen LogP contribution in [-0.4, -0.2) is 25.7 Å². The monoisotopic (exact) mass is 271 g/mol. The van der Waals surface area contributed by atoms with Gasteiger partial charge in [0.1, 0.15) is 12.4 Å². The van der Waals surface area contributed by atoms with Crippen LogP contribution in [0.25, 0.3) is 0 Å². The highest BCUT2D eigenvalue weighted by molar-refractivity contribution is 5.29. The topological polar surface area (TPSA) is 44.5 Å². The molecule has 0 radical (unpaired) electrons. The highest BCUT2D eigenvalue weighted by atomic mass is 19.3. The summed E-state index contributed by atoms with van der Waals surface area (Å²) < 4.78 is 34.2. The number of ether oxygens (including phenoxy) is 2. The van der Waals surface area contributed by atoms with Crippen LogP contribution in [0.5, 0.6) is 5.75 Å². The summed E-state index contributed by atoms with van der Waals surface area (Å²) in [6.45, 7) is -0.285. The number of hydrogen-bond donors (Lipinski definition) is 1. The molecule has 0 saturated heterocycles. The third-order valence-electron chi connectivity index (χ3n) is 2.95. The van der Waals surface area contributed by atoms with Crippen molar-refractivity contribution in [3.05, 3.63) is 29.8 Å². The molecule has 19 heavy (non-hydrogen) atoms. The molecule has 0 bridgehead atoms. The molecule has 0 aliphatic heterocycles. The zero-order valence-corrected chi connectivity index (χ0v) is 10.7. The number of halogens is 2. The van der Waals surface area contributed by atoms with Crippen LogP contribution in [-0.2, 0) is 4.74 Å². The van der Waals surface area contributed by atoms with E-state index in [0.717, 1.165) is 24.2 Å². The van der Waals surface area contributed by atoms with Crippen LogP contribution in [0.3, 0.4) is 0 Å². The maximum absolute atomic E-state index is 11.9. The van der Waals surface area contributed by atoms with Crippen molar-refractivity contribution in [3.8, 4) is 5.75 Å². The summed E-state index contributed by atoms with van der Waals surface area (Å²) in [4.78, 5) is 0. The summed E-state index contributed by atoms with van der Waals surface area (Å²) in [5.41, 5.74) is 6.93. The molecule has 1 aliphatic carbocycles. The molecule has 2 N–H and O–H groups in total. The summed E-state index contributed by atoms with van der Waals surface area (Å²) in [6.07, 6.45) is 0.735. The molecule has 0 spiro atoms. The molecule has 0 aromatic heterocycles. The van der Waals surface area contributed by atoms with Gasteiger partial charge in [0.05, 0.1) is 6.10 Å². The Morgan fingerprint density at radius 1 is 1.21 bits per heavy atom. The molecule has 0 amide bonds. The predicted octanol–water partition coefficient (Wildman–Crippen LogP) is 2.90. The van der Waals surface area contributed by atoms with Crippen molar-refractivity contribution in [2.75, 3.05) is 13.2 Å². The van der Waals surface area contributed by atoms with Crippen molar-refractivity contribution in [2.45, 2.75) is 37.8 Å². The molecule has 3 nitrogen and oxygen atoms in total. The largest absolute Gasteiger partial charge is 0.490 e. The Labute approximate surface area is 111 Å². The normalized spacial score (nSPS) is 16.6. The Kier molecular flexibility index (Phi) is 5.10. The first-order chi connectivity index (χ1) is 9.15. The molecular weight excluding hydrogens is 252 g/mol. The van der Waals surface area contributed by atoms with E-state index in [1.807, 2.05) is 24.3 Å². The molecule has 1 atom stereocenters. The standard InChI is InChI=1S/C14H19F2NO2/c15-14(16)9-18-8-7-13(17)10-1-3-11(4-2-10)19-12-5-6-12/h1-4,12-14H,5-9,17H2. The smallest absolute Gasteiger partial charge is 0.261 e. The summed E-state index contributed by atoms with van der Waals surface area (Å²) >= 11 is 0. The zero-order valence-electron chi connectivity index (χ0n) is 10.7. The highest BCUT2D eigenvalue weighted by Gasteiger charge is 2.23. The van der Waals surface area contributed by atoms with Crippen molar-refractivity contribution in [3.63, 3.8) is 0 Å². The van der Waals surface area contributed by atoms with Gasteiger partial charge in [-0.3, -0.25) is 0 Å². The van der Waals surface area contributed by atoms with Gasteiger partial charge >= 0.3 is 0 Å². The lowest BCUT2D eigenvalue weighted by Crippen LogP contribution is -2.14. The van der Waals surface area contributed by atoms with E-state index >= 15 is 0 Å². The zero-order chi connectivity index (χ0) is 13.7. The van der Waals surface area contributed by atoms with Crippen molar-refractivity contribution >= 4 is 0 Å². The molecule has 1 fully saturated rings. The third kappa shape index (κ3) is 5.12. The van der Waals surface area contributed by atoms with Crippen molar-refractivity contribution in [1.29, 1.82) is 0 Å². The van der Waals surface area contributed by atoms with Crippen LogP contribution in [0.15, 0.2) is 24.3 Å². The second kappa shape index (κ2) is 6.82. The number of nitrogens with two attached hydrogens (primary N) is 1. The maximum atomic E-state index is 11.9. The van der Waals surface area contributed by atoms with Gasteiger partial charge in [0.2, 0.25) is 0 Å². The van der Waals surface area contributed by atoms with Gasteiger partial charge in [0, 0.05) is 12.6 Å². The van der Waals surface area contributed by atoms with Gasteiger partial charge in [-0.25, -0.2) is 8.78 Å². The first-order valence-corrected chi connectivity index (χ1v) is 6.53. The number of hydrogen-bond acceptors (Lipinski definition) is 3. The van der Waals surface area contributed by atoms with Gasteiger partial charge in [-0.05, 0) is 37.0 Å². The van der Waals surface area contributed by atoms with Crippen LogP contribution < -0.4 is 10.5 Å². The molecule has 2 rings (SSSR count). The van der Waals surface area contributed by atoms with E-state index in [0.29, 0.717) is 12.5 Å². The molecule has 1 aliphatic rings. The van der Waals surface area contributed by atoms with E-state index in [1.54, 1.807) is 0 Å². The summed E-state index contributed by atoms with van der Waals surface area (Å²) in [5.74, 6) is 0.854. The lowest BCUT2D eigenvalue weighted by molar-refractivity contribution is 0.0152. The van der Waals surface area contributed by atoms with E-state index in [4.69, 9.17) is 15.2 Å². The Bertz CT molecular complexity index is 380. The van der Waals surface area contributed by atoms with E-state index in [-0.39, 0.29) is 12.6 Å². The minimum atomic E-state index is -2.42. The Morgan fingerprint density at radius 3 is 2.47 bits per heavy atom. The molecule has 1 aromatic carbocycles. The maximum Gasteiger partial charge on any atom is 0.261 e. The Hall–Kier alpha value is -1.20. The van der Waals surface area contributed by atoms with Crippen LogP contribution in [0, 0.1) is 0 Å². The summed E-state index contributed by atoms with van der Waals surface area (Å²) in [6, 6.07) is 7.42. The van der Waals surface area contributed by atoms with Crippen LogP contribution in [0.2, 0.25) is 0 Å². The molecule has 1 unspecified atom stereocenters. The molecule has 106 valence electrons. The second-order valence-corrected chi connectivity index (χ2v) is 4.75. The molecule has 1 saturated carbocycles. The third-order valence-corrected chi connectivity index (χ3v) is 2.95. The first-order valence-electron chi connectivity index (χ1n) is 6.53. The molecule has 5 heteroatoms. The van der Waals surface area contributed by atoms with Crippen LogP contribution in [0.4, 0.5) is 8.78 Å². The quantitative estimate of drug-likeness (QED) is 0.739. The van der Waals surface area contributed by atoms with Gasteiger partial charge in [-0.1, -0.05) is 12.1 Å². The number of benzene rings is 1. The Balaban J connectivity index is 1.73. The van der Waals surface area contributed by atoms with Crippen molar-refractivity contribution in [2.24, 2.45) is 5.73 Å². The van der Waals surface area contributed by atoms with E-state index in [1.165, 1.54) is 0 Å². The molecule has 0 heterocycles. The van der Waals surface area contributed by atoms with Crippen molar-refractivity contribution in [1.82, 2.24) is 0 Å². The lowest BCUT2D eigenvalue weighted by atomic mass is 10.1. The van der Waals surface area contributed by atoms with E-state index < -0.39 is 13.0 Å². The van der Waals surface area contributed by atoms with Gasteiger partial charge < -0.3 is 15.2 Å². The fraction of sp³-hybridized carbons (Fsp3) is 0.571. The fourth-order valence-corrected chi connectivity index (χ4v) is 1.72. The average molecular weight is 271 g/mol. The van der Waals surface area contributed by atoms with Gasteiger partial charge in [-0.2, -0.15) is 0 Å². The van der Waals surface area contributed by atoms with Crippen LogP contribution >= 0.6 is 0 Å². The SMILES string of the molecule is NC(CCOCC(F)F)c1ccc(OC2CC2)cc1. The van der Waals surface area contributed by atoms with Gasteiger partial charge in [0.25, 0.3) is 6.43 Å². The summed E-state index contributed by atoms with van der Waals surface area (Å²) in [5, 5.41) is 0. The number of rotatable bonds is 8. The second-order valence-electron chi connectivity index (χ2n) is 4.75. The van der Waals surface area contributed by atoms with Gasteiger partial charge in [0.15, 0.2) is 0 Å². The molecular formula is C14H19F2NO2. The van der Waals surface area contributed by atoms with E-state index in [9.17, 15) is 8.78 Å². The van der Waals surface area contributed by atoms with Gasteiger partial charge in [-0.15, -0.1) is 0 Å². The van der Waals surface area contributed by atoms with Crippen LogP contribution in [0.1, 0.15) is 30.9 Å². The fourth-order valence-electron chi connectivity index (χ4n) is 1.72. The average Bonchev–Trinajstić information content (AvgIpc) is 3.19. The minimum Gasteiger partial charge on any atom is -0.490 e. The van der Waals surface area contributed by atoms with Crippen molar-refractivity contribution < 1.29 is 18.3 Å². The first kappa shape index (κ1) is 14.2. The van der Waals surface area contributed by atoms with E-state index in [2.05, 4.69) is 0 Å². The highest BCUT2D eigenvalue weighted by Crippen LogP contribution is 2.27. The number of alkyl halides is 2.